The van der Waals surface area contributed by atoms with Crippen LogP contribution in [0.2, 0.25) is 0 Å². The van der Waals surface area contributed by atoms with Crippen molar-refractivity contribution in [1.82, 2.24) is 0 Å². The number of hydrogen-bond donors (Lipinski definition) is 0. The molecule has 0 saturated heterocycles. The number of aryl methyl sites for hydroxylation is 2. The van der Waals surface area contributed by atoms with Crippen molar-refractivity contribution in [3.63, 3.8) is 0 Å². The van der Waals surface area contributed by atoms with Gasteiger partial charge in [0.15, 0.2) is 6.23 Å². The van der Waals surface area contributed by atoms with Crippen LogP contribution in [0.4, 0.5) is 5.69 Å². The molecule has 0 saturated carbocycles. The van der Waals surface area contributed by atoms with Crippen LogP contribution in [-0.2, 0) is 20.7 Å². The largest absolute Gasteiger partial charge is 0.357 e. The average molecular weight is 323 g/mol. The molecule has 0 spiro atoms. The summed E-state index contributed by atoms with van der Waals surface area (Å²) in [6.07, 6.45) is 0.647. The van der Waals surface area contributed by atoms with Crippen molar-refractivity contribution in [3.05, 3.63) is 71.3 Å². The molecule has 2 aromatic carbocycles. The van der Waals surface area contributed by atoms with Crippen LogP contribution in [0.25, 0.3) is 0 Å². The van der Waals surface area contributed by atoms with Crippen LogP contribution < -0.4 is 4.90 Å². The molecule has 0 radical (unpaired) electrons. The third kappa shape index (κ3) is 3.99. The highest BCUT2D eigenvalue weighted by Crippen LogP contribution is 2.28. The van der Waals surface area contributed by atoms with Crippen molar-refractivity contribution in [2.45, 2.75) is 26.5 Å². The van der Waals surface area contributed by atoms with Gasteiger partial charge in [-0.05, 0) is 30.5 Å². The number of carbonyl (C=O) groups excluding carboxylic acids is 2. The zero-order valence-electron chi connectivity index (χ0n) is 14.2. The van der Waals surface area contributed by atoms with Crippen molar-refractivity contribution >= 4 is 17.5 Å². The smallest absolute Gasteiger partial charge is 0.233 e. The quantitative estimate of drug-likeness (QED) is 0.605. The van der Waals surface area contributed by atoms with Crippen molar-refractivity contribution in [2.24, 2.45) is 0 Å². The SMILES string of the molecule is COC(C=C=O)N(C(=O)Cc1ccccc1)c1c(C)cccc1C. The molecule has 4 nitrogen and oxygen atoms in total. The summed E-state index contributed by atoms with van der Waals surface area (Å²) in [5.74, 6) is 1.59. The lowest BCUT2D eigenvalue weighted by Crippen LogP contribution is -2.42. The molecule has 0 aliphatic heterocycles. The molecule has 0 fully saturated rings. The van der Waals surface area contributed by atoms with Crippen LogP contribution in [0.3, 0.4) is 0 Å². The maximum atomic E-state index is 13.0. The highest BCUT2D eigenvalue weighted by Gasteiger charge is 2.26. The number of amides is 1. The second kappa shape index (κ2) is 8.25. The second-order valence-electron chi connectivity index (χ2n) is 5.58. The van der Waals surface area contributed by atoms with Crippen molar-refractivity contribution in [1.29, 1.82) is 0 Å². The van der Waals surface area contributed by atoms with Crippen LogP contribution in [-0.4, -0.2) is 25.2 Å². The van der Waals surface area contributed by atoms with Crippen LogP contribution in [0.15, 0.2) is 54.6 Å². The Bertz CT molecular complexity index is 728. The molecule has 0 aliphatic rings. The predicted octanol–water partition coefficient (Wildman–Crippen LogP) is 3.24. The predicted molar refractivity (Wildman–Crippen MR) is 94.6 cm³/mol. The first-order chi connectivity index (χ1) is 11.6. The van der Waals surface area contributed by atoms with Gasteiger partial charge in [-0.2, -0.15) is 0 Å². The van der Waals surface area contributed by atoms with Crippen LogP contribution in [0, 0.1) is 13.8 Å². The average Bonchev–Trinajstić information content (AvgIpc) is 2.57. The molecule has 2 aromatic rings. The fourth-order valence-electron chi connectivity index (χ4n) is 2.74. The Hall–Kier alpha value is -2.68. The lowest BCUT2D eigenvalue weighted by atomic mass is 10.1. The molecule has 1 unspecified atom stereocenters. The lowest BCUT2D eigenvalue weighted by Gasteiger charge is -2.31. The van der Waals surface area contributed by atoms with E-state index in [9.17, 15) is 9.59 Å². The van der Waals surface area contributed by atoms with E-state index in [1.54, 1.807) is 5.94 Å². The number of rotatable bonds is 6. The van der Waals surface area contributed by atoms with Gasteiger partial charge in [0.2, 0.25) is 5.91 Å². The molecule has 124 valence electrons. The van der Waals surface area contributed by atoms with Crippen LogP contribution in [0.5, 0.6) is 0 Å². The molecule has 1 amide bonds. The minimum absolute atomic E-state index is 0.142. The first-order valence-corrected chi connectivity index (χ1v) is 7.74. The first kappa shape index (κ1) is 17.7. The van der Waals surface area contributed by atoms with Gasteiger partial charge < -0.3 is 4.74 Å². The summed E-state index contributed by atoms with van der Waals surface area (Å²) in [6, 6.07) is 15.3. The van der Waals surface area contributed by atoms with E-state index in [1.165, 1.54) is 18.1 Å². The van der Waals surface area contributed by atoms with Gasteiger partial charge in [-0.3, -0.25) is 9.69 Å². The number of nitrogens with zero attached hydrogens (tertiary/aromatic N) is 1. The topological polar surface area (TPSA) is 46.6 Å². The number of methoxy groups -OCH3 is 1. The molecule has 2 rings (SSSR count). The third-order valence-electron chi connectivity index (χ3n) is 3.85. The highest BCUT2D eigenvalue weighted by molar-refractivity contribution is 5.97. The Morgan fingerprint density at radius 1 is 1.12 bits per heavy atom. The zero-order chi connectivity index (χ0) is 17.5. The second-order valence-corrected chi connectivity index (χ2v) is 5.58. The fraction of sp³-hybridized carbons (Fsp3) is 0.250. The van der Waals surface area contributed by atoms with Gasteiger partial charge in [-0.15, -0.1) is 0 Å². The molecule has 0 bridgehead atoms. The van der Waals surface area contributed by atoms with Crippen molar-refractivity contribution < 1.29 is 14.3 Å². The summed E-state index contributed by atoms with van der Waals surface area (Å²) in [7, 11) is 1.47. The molecule has 1 atom stereocenters. The molecule has 24 heavy (non-hydrogen) atoms. The van der Waals surface area contributed by atoms with Crippen molar-refractivity contribution in [3.8, 4) is 0 Å². The molecular weight excluding hydrogens is 302 g/mol. The third-order valence-corrected chi connectivity index (χ3v) is 3.85. The molecular formula is C20H21NO3. The molecule has 0 heterocycles. The fourth-order valence-corrected chi connectivity index (χ4v) is 2.74. The van der Waals surface area contributed by atoms with Gasteiger partial charge in [0.25, 0.3) is 0 Å². The van der Waals surface area contributed by atoms with Gasteiger partial charge in [-0.1, -0.05) is 48.5 Å². The zero-order valence-corrected chi connectivity index (χ0v) is 14.2. The minimum atomic E-state index is -0.793. The van der Waals surface area contributed by atoms with Crippen LogP contribution >= 0.6 is 0 Å². The first-order valence-electron chi connectivity index (χ1n) is 7.74. The van der Waals surface area contributed by atoms with Gasteiger partial charge >= 0.3 is 0 Å². The molecule has 0 N–H and O–H groups in total. The van der Waals surface area contributed by atoms with Crippen molar-refractivity contribution in [2.75, 3.05) is 12.0 Å². The van der Waals surface area contributed by atoms with E-state index < -0.39 is 6.23 Å². The van der Waals surface area contributed by atoms with E-state index in [2.05, 4.69) is 0 Å². The number of ether oxygens (including phenoxy) is 1. The van der Waals surface area contributed by atoms with E-state index in [4.69, 9.17) is 4.74 Å². The summed E-state index contributed by atoms with van der Waals surface area (Å²) < 4.78 is 5.36. The Morgan fingerprint density at radius 2 is 1.75 bits per heavy atom. The number of para-hydroxylation sites is 1. The minimum Gasteiger partial charge on any atom is -0.357 e. The molecule has 0 aliphatic carbocycles. The number of anilines is 1. The lowest BCUT2D eigenvalue weighted by molar-refractivity contribution is -0.119. The highest BCUT2D eigenvalue weighted by atomic mass is 16.5. The normalized spacial score (nSPS) is 11.5. The van der Waals surface area contributed by atoms with Gasteiger partial charge in [-0.25, -0.2) is 4.79 Å². The van der Waals surface area contributed by atoms with E-state index in [0.29, 0.717) is 0 Å². The van der Waals surface area contributed by atoms with Gasteiger partial charge in [0.1, 0.15) is 5.94 Å². The van der Waals surface area contributed by atoms with E-state index in [-0.39, 0.29) is 12.3 Å². The standard InChI is InChI=1S/C20H21NO3/c1-15-8-7-9-16(2)20(15)21(19(24-3)12-13-22)18(23)14-17-10-5-4-6-11-17/h4-12,19H,14H2,1-3H3. The Balaban J connectivity index is 2.46. The summed E-state index contributed by atoms with van der Waals surface area (Å²) >= 11 is 0. The Kier molecular flexibility index (Phi) is 6.07. The van der Waals surface area contributed by atoms with E-state index >= 15 is 0 Å². The van der Waals surface area contributed by atoms with Crippen LogP contribution in [0.1, 0.15) is 16.7 Å². The molecule has 0 aromatic heterocycles. The summed E-state index contributed by atoms with van der Waals surface area (Å²) in [4.78, 5) is 25.4. The van der Waals surface area contributed by atoms with Gasteiger partial charge in [0, 0.05) is 13.2 Å². The maximum Gasteiger partial charge on any atom is 0.233 e. The summed E-state index contributed by atoms with van der Waals surface area (Å²) in [5, 5.41) is 0. The summed E-state index contributed by atoms with van der Waals surface area (Å²) in [5.41, 5.74) is 3.55. The number of benzene rings is 2. The molecule has 4 heteroatoms. The number of hydrogen-bond acceptors (Lipinski definition) is 3. The Morgan fingerprint density at radius 3 is 2.29 bits per heavy atom. The van der Waals surface area contributed by atoms with E-state index in [1.807, 2.05) is 62.4 Å². The van der Waals surface area contributed by atoms with Gasteiger partial charge in [0.05, 0.1) is 12.1 Å². The number of carbonyl (C=O) groups is 1. The monoisotopic (exact) mass is 323 g/mol. The summed E-state index contributed by atoms with van der Waals surface area (Å²) in [6.45, 7) is 3.87. The van der Waals surface area contributed by atoms with E-state index in [0.717, 1.165) is 22.4 Å². The maximum absolute atomic E-state index is 13.0. The Labute approximate surface area is 142 Å².